The lowest BCUT2D eigenvalue weighted by Crippen LogP contribution is -1.98. The van der Waals surface area contributed by atoms with Crippen LogP contribution in [0.2, 0.25) is 0 Å². The molecule has 0 fully saturated rings. The molecule has 0 aliphatic rings. The SMILES string of the molecule is COc1cccc(-c2n[nH]c(=S)n2/N=C\c2c(OC)ccc3ccccc23)c1. The Kier molecular flexibility index (Phi) is 4.90. The lowest BCUT2D eigenvalue weighted by atomic mass is 10.0. The first-order valence-corrected chi connectivity index (χ1v) is 9.04. The van der Waals surface area contributed by atoms with E-state index in [0.29, 0.717) is 10.6 Å². The molecule has 0 aliphatic carbocycles. The van der Waals surface area contributed by atoms with E-state index in [1.54, 1.807) is 25.1 Å². The molecule has 0 aliphatic heterocycles. The molecule has 3 aromatic carbocycles. The van der Waals surface area contributed by atoms with Gasteiger partial charge in [0.05, 0.1) is 20.4 Å². The third kappa shape index (κ3) is 3.27. The smallest absolute Gasteiger partial charge is 0.216 e. The molecule has 0 spiro atoms. The molecule has 7 heteroatoms. The lowest BCUT2D eigenvalue weighted by Gasteiger charge is -2.08. The first kappa shape index (κ1) is 17.9. The number of hydrogen-bond donors (Lipinski definition) is 1. The van der Waals surface area contributed by atoms with Crippen LogP contribution in [0.4, 0.5) is 0 Å². The van der Waals surface area contributed by atoms with Gasteiger partial charge in [0.1, 0.15) is 11.5 Å². The molecular weight excluding hydrogens is 372 g/mol. The van der Waals surface area contributed by atoms with Crippen LogP contribution < -0.4 is 9.47 Å². The summed E-state index contributed by atoms with van der Waals surface area (Å²) >= 11 is 5.38. The van der Waals surface area contributed by atoms with Crippen LogP contribution in [-0.4, -0.2) is 35.3 Å². The molecule has 4 rings (SSSR count). The number of rotatable bonds is 5. The van der Waals surface area contributed by atoms with Crippen molar-refractivity contribution in [1.82, 2.24) is 14.9 Å². The van der Waals surface area contributed by atoms with Gasteiger partial charge in [0.25, 0.3) is 0 Å². The van der Waals surface area contributed by atoms with Gasteiger partial charge < -0.3 is 9.47 Å². The summed E-state index contributed by atoms with van der Waals surface area (Å²) in [5.74, 6) is 2.07. The fraction of sp³-hybridized carbons (Fsp3) is 0.0952. The molecule has 0 bridgehead atoms. The standard InChI is InChI=1S/C21H18N4O2S/c1-26-16-8-5-7-15(12-16)20-23-24-21(28)25(20)22-13-18-17-9-4-3-6-14(17)10-11-19(18)27-2/h3-13H,1-2H3,(H,24,28)/b22-13-. The van der Waals surface area contributed by atoms with Gasteiger partial charge >= 0.3 is 0 Å². The van der Waals surface area contributed by atoms with Crippen LogP contribution >= 0.6 is 12.2 Å². The third-order valence-corrected chi connectivity index (χ3v) is 4.70. The largest absolute Gasteiger partial charge is 0.497 e. The summed E-state index contributed by atoms with van der Waals surface area (Å²) in [6.45, 7) is 0. The van der Waals surface area contributed by atoms with Crippen molar-refractivity contribution >= 4 is 29.2 Å². The molecule has 0 saturated heterocycles. The Labute approximate surface area is 167 Å². The Balaban J connectivity index is 1.83. The van der Waals surface area contributed by atoms with Gasteiger partial charge in [-0.2, -0.15) is 14.9 Å². The molecule has 0 saturated carbocycles. The number of nitrogens with zero attached hydrogens (tertiary/aromatic N) is 3. The van der Waals surface area contributed by atoms with E-state index < -0.39 is 0 Å². The van der Waals surface area contributed by atoms with Crippen molar-refractivity contribution < 1.29 is 9.47 Å². The molecule has 0 amide bonds. The van der Waals surface area contributed by atoms with Crippen LogP contribution in [0.3, 0.4) is 0 Å². The van der Waals surface area contributed by atoms with Gasteiger partial charge in [-0.05, 0) is 41.2 Å². The normalized spacial score (nSPS) is 11.2. The van der Waals surface area contributed by atoms with Crippen molar-refractivity contribution in [2.24, 2.45) is 5.10 Å². The predicted molar refractivity (Wildman–Crippen MR) is 113 cm³/mol. The van der Waals surface area contributed by atoms with Crippen molar-refractivity contribution in [3.63, 3.8) is 0 Å². The Hall–Kier alpha value is -3.45. The highest BCUT2D eigenvalue weighted by Crippen LogP contribution is 2.27. The van der Waals surface area contributed by atoms with Gasteiger partial charge in [-0.3, -0.25) is 0 Å². The van der Waals surface area contributed by atoms with Gasteiger partial charge in [-0.1, -0.05) is 42.5 Å². The van der Waals surface area contributed by atoms with Crippen LogP contribution in [0, 0.1) is 4.77 Å². The zero-order valence-corrected chi connectivity index (χ0v) is 16.2. The summed E-state index contributed by atoms with van der Waals surface area (Å²) in [5.41, 5.74) is 1.72. The molecule has 1 N–H and O–H groups in total. The maximum atomic E-state index is 5.53. The Morgan fingerprint density at radius 3 is 2.71 bits per heavy atom. The summed E-state index contributed by atoms with van der Waals surface area (Å²) in [7, 11) is 3.27. The summed E-state index contributed by atoms with van der Waals surface area (Å²) in [5, 5.41) is 13.9. The number of aromatic amines is 1. The second kappa shape index (κ2) is 7.66. The molecule has 4 aromatic rings. The average molecular weight is 390 g/mol. The lowest BCUT2D eigenvalue weighted by molar-refractivity contribution is 0.415. The van der Waals surface area contributed by atoms with E-state index in [0.717, 1.165) is 33.4 Å². The van der Waals surface area contributed by atoms with Crippen molar-refractivity contribution in [2.75, 3.05) is 14.2 Å². The Morgan fingerprint density at radius 1 is 1.04 bits per heavy atom. The predicted octanol–water partition coefficient (Wildman–Crippen LogP) is 4.66. The van der Waals surface area contributed by atoms with Crippen molar-refractivity contribution in [2.45, 2.75) is 0 Å². The monoisotopic (exact) mass is 390 g/mol. The molecule has 28 heavy (non-hydrogen) atoms. The molecule has 0 unspecified atom stereocenters. The van der Waals surface area contributed by atoms with Crippen molar-refractivity contribution in [1.29, 1.82) is 0 Å². The number of methoxy groups -OCH3 is 2. The molecule has 1 heterocycles. The van der Waals surface area contributed by atoms with E-state index in [-0.39, 0.29) is 0 Å². The second-order valence-corrected chi connectivity index (χ2v) is 6.43. The summed E-state index contributed by atoms with van der Waals surface area (Å²) < 4.78 is 12.8. The molecular formula is C21H18N4O2S. The third-order valence-electron chi connectivity index (χ3n) is 4.43. The highest BCUT2D eigenvalue weighted by Gasteiger charge is 2.10. The number of nitrogens with one attached hydrogen (secondary N) is 1. The minimum absolute atomic E-state index is 0.397. The van der Waals surface area contributed by atoms with Crippen LogP contribution in [0.5, 0.6) is 11.5 Å². The van der Waals surface area contributed by atoms with E-state index in [2.05, 4.69) is 21.4 Å². The van der Waals surface area contributed by atoms with Crippen LogP contribution in [0.25, 0.3) is 22.2 Å². The molecule has 0 radical (unpaired) electrons. The number of ether oxygens (including phenoxy) is 2. The minimum Gasteiger partial charge on any atom is -0.497 e. The number of fused-ring (bicyclic) bond motifs is 1. The van der Waals surface area contributed by atoms with Gasteiger partial charge in [0.15, 0.2) is 5.82 Å². The number of hydrogen-bond acceptors (Lipinski definition) is 5. The fourth-order valence-corrected chi connectivity index (χ4v) is 3.23. The zero-order valence-electron chi connectivity index (χ0n) is 15.4. The second-order valence-electron chi connectivity index (χ2n) is 6.04. The summed E-state index contributed by atoms with van der Waals surface area (Å²) in [4.78, 5) is 0. The van der Waals surface area contributed by atoms with Gasteiger partial charge in [0, 0.05) is 11.1 Å². The minimum atomic E-state index is 0.397. The number of H-pyrrole nitrogens is 1. The summed E-state index contributed by atoms with van der Waals surface area (Å²) in [6, 6.07) is 19.6. The van der Waals surface area contributed by atoms with E-state index in [1.807, 2.05) is 54.6 Å². The molecule has 0 atom stereocenters. The number of aromatic nitrogens is 3. The zero-order chi connectivity index (χ0) is 19.5. The molecule has 140 valence electrons. The van der Waals surface area contributed by atoms with Crippen LogP contribution in [0.1, 0.15) is 5.56 Å². The maximum Gasteiger partial charge on any atom is 0.216 e. The van der Waals surface area contributed by atoms with Gasteiger partial charge in [0.2, 0.25) is 4.77 Å². The molecule has 6 nitrogen and oxygen atoms in total. The van der Waals surface area contributed by atoms with Gasteiger partial charge in [-0.25, -0.2) is 5.10 Å². The summed E-state index contributed by atoms with van der Waals surface area (Å²) in [6.07, 6.45) is 1.75. The maximum absolute atomic E-state index is 5.53. The quantitative estimate of drug-likeness (QED) is 0.398. The Bertz CT molecular complexity index is 1230. The number of benzene rings is 3. The first-order chi connectivity index (χ1) is 13.7. The van der Waals surface area contributed by atoms with E-state index in [9.17, 15) is 0 Å². The average Bonchev–Trinajstić information content (AvgIpc) is 3.12. The van der Waals surface area contributed by atoms with Gasteiger partial charge in [-0.15, -0.1) is 0 Å². The highest BCUT2D eigenvalue weighted by molar-refractivity contribution is 7.71. The van der Waals surface area contributed by atoms with Crippen molar-refractivity contribution in [3.05, 3.63) is 71.0 Å². The Morgan fingerprint density at radius 2 is 1.89 bits per heavy atom. The van der Waals surface area contributed by atoms with E-state index in [1.165, 1.54) is 0 Å². The van der Waals surface area contributed by atoms with Crippen LogP contribution in [0.15, 0.2) is 65.8 Å². The highest BCUT2D eigenvalue weighted by atomic mass is 32.1. The topological polar surface area (TPSA) is 64.4 Å². The first-order valence-electron chi connectivity index (χ1n) is 8.63. The van der Waals surface area contributed by atoms with Crippen molar-refractivity contribution in [3.8, 4) is 22.9 Å². The van der Waals surface area contributed by atoms with E-state index >= 15 is 0 Å². The van der Waals surface area contributed by atoms with Crippen LogP contribution in [-0.2, 0) is 0 Å². The molecule has 1 aromatic heterocycles. The van der Waals surface area contributed by atoms with E-state index in [4.69, 9.17) is 21.7 Å². The fourth-order valence-electron chi connectivity index (χ4n) is 3.05.